The molecule has 0 bridgehead atoms. The molecule has 31 heavy (non-hydrogen) atoms. The summed E-state index contributed by atoms with van der Waals surface area (Å²) in [5, 5.41) is 10.5. The second-order valence-electron chi connectivity index (χ2n) is 7.11. The minimum absolute atomic E-state index is 0.0412. The number of pyridine rings is 1. The van der Waals surface area contributed by atoms with Gasteiger partial charge in [0.15, 0.2) is 0 Å². The molecule has 0 saturated carbocycles. The van der Waals surface area contributed by atoms with Gasteiger partial charge in [-0.15, -0.1) is 11.3 Å². The highest BCUT2D eigenvalue weighted by Crippen LogP contribution is 2.27. The van der Waals surface area contributed by atoms with E-state index in [9.17, 15) is 9.59 Å². The van der Waals surface area contributed by atoms with Gasteiger partial charge in [0.05, 0.1) is 17.9 Å². The van der Waals surface area contributed by atoms with Crippen LogP contribution in [-0.4, -0.2) is 35.8 Å². The van der Waals surface area contributed by atoms with Gasteiger partial charge in [-0.3, -0.25) is 20.0 Å². The largest absolute Gasteiger partial charge is 0.469 e. The number of carbonyl (C=O) groups is 2. The molecule has 0 saturated heterocycles. The minimum atomic E-state index is -0.587. The topological polar surface area (TPSA) is 118 Å². The number of amidine groups is 1. The van der Waals surface area contributed by atoms with E-state index in [1.165, 1.54) is 18.4 Å². The number of methoxy groups -OCH3 is 1. The summed E-state index contributed by atoms with van der Waals surface area (Å²) in [5.41, 5.74) is 7.97. The van der Waals surface area contributed by atoms with Crippen LogP contribution in [0.4, 0.5) is 0 Å². The zero-order chi connectivity index (χ0) is 22.4. The molecule has 0 aliphatic rings. The lowest BCUT2D eigenvalue weighted by Crippen LogP contribution is -2.42. The number of rotatable bonds is 8. The number of nitrogen functional groups attached to an aromatic ring is 1. The number of carbonyl (C=O) groups excluding carboxylic acids is 2. The third-order valence-electron chi connectivity index (χ3n) is 4.95. The number of thiophene rings is 1. The molecule has 4 N–H and O–H groups in total. The second-order valence-corrected chi connectivity index (χ2v) is 8.19. The van der Waals surface area contributed by atoms with Gasteiger partial charge in [-0.05, 0) is 54.8 Å². The Balaban J connectivity index is 1.73. The van der Waals surface area contributed by atoms with Crippen LogP contribution in [0.15, 0.2) is 60.9 Å². The highest BCUT2D eigenvalue weighted by atomic mass is 32.1. The first-order valence-corrected chi connectivity index (χ1v) is 10.5. The first-order chi connectivity index (χ1) is 14.9. The number of ether oxygens (including phenoxy) is 1. The number of hydrogen-bond acceptors (Lipinski definition) is 6. The van der Waals surface area contributed by atoms with Crippen molar-refractivity contribution < 1.29 is 14.3 Å². The molecule has 2 atom stereocenters. The average Bonchev–Trinajstić information content (AvgIpc) is 3.28. The van der Waals surface area contributed by atoms with Gasteiger partial charge in [0, 0.05) is 28.9 Å². The fraction of sp³-hybridized carbons (Fsp3) is 0.217. The third-order valence-corrected chi connectivity index (χ3v) is 6.09. The first-order valence-electron chi connectivity index (χ1n) is 9.71. The Bertz CT molecular complexity index is 1080. The number of benzene rings is 1. The summed E-state index contributed by atoms with van der Waals surface area (Å²) in [5.74, 6) is -1.29. The second kappa shape index (κ2) is 9.99. The lowest BCUT2D eigenvalue weighted by Gasteiger charge is -2.23. The maximum atomic E-state index is 12.8. The van der Waals surface area contributed by atoms with Gasteiger partial charge in [-0.1, -0.05) is 18.2 Å². The molecule has 1 amide bonds. The summed E-state index contributed by atoms with van der Waals surface area (Å²) in [4.78, 5) is 30.8. The van der Waals surface area contributed by atoms with Crippen molar-refractivity contribution in [2.24, 2.45) is 11.7 Å². The Kier molecular flexibility index (Phi) is 7.15. The maximum Gasteiger partial charge on any atom is 0.311 e. The van der Waals surface area contributed by atoms with E-state index in [1.807, 2.05) is 24.3 Å². The molecule has 2 aromatic heterocycles. The van der Waals surface area contributed by atoms with Crippen LogP contribution in [0.25, 0.3) is 10.4 Å². The summed E-state index contributed by atoms with van der Waals surface area (Å²) in [7, 11) is 1.33. The predicted octanol–water partition coefficient (Wildman–Crippen LogP) is 3.24. The standard InChI is InChI=1S/C23H24N4O3S/c1-14(18(23(29)30-2)13-15-4-3-5-17(12-15)21(24)25)27-22(28)20-7-6-19(31-20)16-8-10-26-11-9-16/h3-12,14,18H,13H2,1-2H3,(H3,24,25)(H,27,28). The van der Waals surface area contributed by atoms with Gasteiger partial charge >= 0.3 is 5.97 Å². The zero-order valence-corrected chi connectivity index (χ0v) is 18.1. The zero-order valence-electron chi connectivity index (χ0n) is 17.3. The Morgan fingerprint density at radius 3 is 2.61 bits per heavy atom. The van der Waals surface area contributed by atoms with Crippen molar-refractivity contribution >= 4 is 29.0 Å². The molecule has 0 aliphatic carbocycles. The quantitative estimate of drug-likeness (QED) is 0.285. The molecule has 0 spiro atoms. The van der Waals surface area contributed by atoms with E-state index in [0.717, 1.165) is 16.0 Å². The van der Waals surface area contributed by atoms with Crippen molar-refractivity contribution in [2.75, 3.05) is 7.11 Å². The highest BCUT2D eigenvalue weighted by molar-refractivity contribution is 7.17. The van der Waals surface area contributed by atoms with Crippen LogP contribution in [0.5, 0.6) is 0 Å². The Labute approximate surface area is 184 Å². The van der Waals surface area contributed by atoms with Crippen LogP contribution in [0, 0.1) is 11.3 Å². The van der Waals surface area contributed by atoms with Crippen LogP contribution in [0.3, 0.4) is 0 Å². The molecular weight excluding hydrogens is 412 g/mol. The monoisotopic (exact) mass is 436 g/mol. The molecule has 1 aromatic carbocycles. The Morgan fingerprint density at radius 2 is 1.94 bits per heavy atom. The van der Waals surface area contributed by atoms with Gasteiger partial charge in [0.1, 0.15) is 5.84 Å². The maximum absolute atomic E-state index is 12.8. The summed E-state index contributed by atoms with van der Waals surface area (Å²) in [6, 6.07) is 14.1. The number of nitrogens with zero attached hydrogens (tertiary/aromatic N) is 1. The minimum Gasteiger partial charge on any atom is -0.469 e. The van der Waals surface area contributed by atoms with Crippen LogP contribution < -0.4 is 11.1 Å². The van der Waals surface area contributed by atoms with E-state index in [-0.39, 0.29) is 11.7 Å². The fourth-order valence-electron chi connectivity index (χ4n) is 3.25. The van der Waals surface area contributed by atoms with Crippen LogP contribution in [0.1, 0.15) is 27.7 Å². The van der Waals surface area contributed by atoms with Crippen molar-refractivity contribution in [3.63, 3.8) is 0 Å². The van der Waals surface area contributed by atoms with Gasteiger partial charge in [-0.2, -0.15) is 0 Å². The molecule has 3 aromatic rings. The van der Waals surface area contributed by atoms with Crippen molar-refractivity contribution in [3.8, 4) is 10.4 Å². The lowest BCUT2D eigenvalue weighted by molar-refractivity contribution is -0.146. The van der Waals surface area contributed by atoms with Gasteiger partial charge in [-0.25, -0.2) is 0 Å². The van der Waals surface area contributed by atoms with Crippen molar-refractivity contribution in [1.29, 1.82) is 5.41 Å². The summed E-state index contributed by atoms with van der Waals surface area (Å²) in [6.07, 6.45) is 3.76. The smallest absolute Gasteiger partial charge is 0.311 e. The molecule has 2 unspecified atom stereocenters. The molecular formula is C23H24N4O3S. The van der Waals surface area contributed by atoms with E-state index < -0.39 is 17.9 Å². The highest BCUT2D eigenvalue weighted by Gasteiger charge is 2.28. The van der Waals surface area contributed by atoms with Gasteiger partial charge in [0.25, 0.3) is 5.91 Å². The summed E-state index contributed by atoms with van der Waals surface area (Å²) < 4.78 is 4.97. The lowest BCUT2D eigenvalue weighted by atomic mass is 9.92. The summed E-state index contributed by atoms with van der Waals surface area (Å²) >= 11 is 1.38. The third kappa shape index (κ3) is 5.55. The van der Waals surface area contributed by atoms with E-state index in [4.69, 9.17) is 15.9 Å². The van der Waals surface area contributed by atoms with E-state index in [2.05, 4.69) is 10.3 Å². The van der Waals surface area contributed by atoms with Crippen LogP contribution in [0.2, 0.25) is 0 Å². The van der Waals surface area contributed by atoms with Crippen molar-refractivity contribution in [3.05, 3.63) is 76.9 Å². The number of amides is 1. The van der Waals surface area contributed by atoms with Crippen molar-refractivity contribution in [1.82, 2.24) is 10.3 Å². The molecule has 3 rings (SSSR count). The predicted molar refractivity (Wildman–Crippen MR) is 121 cm³/mol. The molecule has 7 nitrogen and oxygen atoms in total. The normalized spacial score (nSPS) is 12.6. The van der Waals surface area contributed by atoms with E-state index >= 15 is 0 Å². The fourth-order valence-corrected chi connectivity index (χ4v) is 4.16. The molecule has 8 heteroatoms. The molecule has 160 valence electrons. The molecule has 0 aliphatic heterocycles. The van der Waals surface area contributed by atoms with Crippen LogP contribution >= 0.6 is 11.3 Å². The molecule has 2 heterocycles. The first kappa shape index (κ1) is 22.2. The van der Waals surface area contributed by atoms with E-state index in [0.29, 0.717) is 16.9 Å². The Morgan fingerprint density at radius 1 is 1.19 bits per heavy atom. The number of hydrogen-bond donors (Lipinski definition) is 3. The van der Waals surface area contributed by atoms with E-state index in [1.54, 1.807) is 43.6 Å². The summed E-state index contributed by atoms with van der Waals surface area (Å²) in [6.45, 7) is 1.78. The van der Waals surface area contributed by atoms with Gasteiger partial charge < -0.3 is 15.8 Å². The number of aromatic nitrogens is 1. The molecule has 0 fully saturated rings. The SMILES string of the molecule is COC(=O)C(Cc1cccc(C(=N)N)c1)C(C)NC(=O)c1ccc(-c2ccncc2)s1. The van der Waals surface area contributed by atoms with Gasteiger partial charge in [0.2, 0.25) is 0 Å². The Hall–Kier alpha value is -3.52. The number of nitrogens with two attached hydrogens (primary N) is 1. The number of esters is 1. The molecule has 0 radical (unpaired) electrons. The number of nitrogens with one attached hydrogen (secondary N) is 2. The van der Waals surface area contributed by atoms with Crippen LogP contribution in [-0.2, 0) is 16.0 Å². The van der Waals surface area contributed by atoms with Crippen molar-refractivity contribution in [2.45, 2.75) is 19.4 Å². The average molecular weight is 437 g/mol.